The van der Waals surface area contributed by atoms with E-state index < -0.39 is 0 Å². The van der Waals surface area contributed by atoms with Gasteiger partial charge in [0.1, 0.15) is 12.1 Å². The third-order valence-corrected chi connectivity index (χ3v) is 4.21. The van der Waals surface area contributed by atoms with Gasteiger partial charge < -0.3 is 4.98 Å². The van der Waals surface area contributed by atoms with Crippen LogP contribution in [0.25, 0.3) is 22.5 Å². The third kappa shape index (κ3) is 2.72. The number of aromatic nitrogens is 1. The van der Waals surface area contributed by atoms with Gasteiger partial charge in [-0.3, -0.25) is 0 Å². The maximum absolute atomic E-state index is 9.57. The van der Waals surface area contributed by atoms with Gasteiger partial charge in [0.05, 0.1) is 27.0 Å². The third-order valence-electron chi connectivity index (χ3n) is 3.80. The first-order valence-corrected chi connectivity index (χ1v) is 7.79. The van der Waals surface area contributed by atoms with E-state index in [2.05, 4.69) is 17.1 Å². The number of nitrogens with one attached hydrogen (secondary N) is 1. The predicted octanol–water partition coefficient (Wildman–Crippen LogP) is 5.13. The number of pyridine rings is 1. The Morgan fingerprint density at radius 3 is 2.00 bits per heavy atom. The molecule has 24 heavy (non-hydrogen) atoms. The lowest BCUT2D eigenvalue weighted by Gasteiger charge is -2.12. The predicted molar refractivity (Wildman–Crippen MR) is 96.7 cm³/mol. The highest BCUT2D eigenvalue weighted by Gasteiger charge is 2.16. The van der Waals surface area contributed by atoms with Crippen LogP contribution in [0, 0.1) is 34.1 Å². The van der Waals surface area contributed by atoms with Crippen molar-refractivity contribution in [1.29, 1.82) is 10.5 Å². The molecule has 0 aliphatic rings. The van der Waals surface area contributed by atoms with Crippen molar-refractivity contribution in [2.45, 2.75) is 6.92 Å². The summed E-state index contributed by atoms with van der Waals surface area (Å²) in [6.45, 7) is 1.99. The monoisotopic (exact) mass is 327 g/mol. The number of rotatable bonds is 2. The molecule has 0 aliphatic carbocycles. The fourth-order valence-electron chi connectivity index (χ4n) is 2.65. The summed E-state index contributed by atoms with van der Waals surface area (Å²) >= 11 is 5.43. The molecule has 0 spiro atoms. The van der Waals surface area contributed by atoms with Crippen LogP contribution in [0.1, 0.15) is 16.7 Å². The quantitative estimate of drug-likeness (QED) is 0.664. The molecular formula is C20H13N3S. The van der Waals surface area contributed by atoms with Crippen molar-refractivity contribution in [1.82, 2.24) is 4.98 Å². The first-order chi connectivity index (χ1) is 11.7. The minimum atomic E-state index is 0.286. The second-order valence-electron chi connectivity index (χ2n) is 5.41. The van der Waals surface area contributed by atoms with Gasteiger partial charge in [-0.05, 0) is 24.1 Å². The van der Waals surface area contributed by atoms with E-state index in [9.17, 15) is 10.5 Å². The van der Waals surface area contributed by atoms with Gasteiger partial charge in [-0.15, -0.1) is 0 Å². The Morgan fingerprint density at radius 1 is 0.833 bits per heavy atom. The van der Waals surface area contributed by atoms with Crippen molar-refractivity contribution in [3.05, 3.63) is 75.8 Å². The highest BCUT2D eigenvalue weighted by molar-refractivity contribution is 7.71. The number of nitriles is 2. The molecule has 0 aliphatic heterocycles. The first kappa shape index (κ1) is 15.7. The molecule has 3 aromatic rings. The fraction of sp³-hybridized carbons (Fsp3) is 0.0500. The van der Waals surface area contributed by atoms with Gasteiger partial charge in [0, 0.05) is 0 Å². The average Bonchev–Trinajstić information content (AvgIpc) is 2.61. The van der Waals surface area contributed by atoms with Crippen LogP contribution in [0.5, 0.6) is 0 Å². The standard InChI is InChI=1S/C20H13N3S/c1-13-6-5-9-15(10-13)19-17(12-22)20(24)16(11-21)18(23-19)14-7-3-2-4-8-14/h2-10H,1H3,(H,23,24). The lowest BCUT2D eigenvalue weighted by Crippen LogP contribution is -1.99. The Labute approximate surface area is 145 Å². The normalized spacial score (nSPS) is 9.96. The Morgan fingerprint density at radius 2 is 1.42 bits per heavy atom. The minimum Gasteiger partial charge on any atom is -0.352 e. The van der Waals surface area contributed by atoms with Crippen molar-refractivity contribution < 1.29 is 0 Å². The Bertz CT molecular complexity index is 1050. The van der Waals surface area contributed by atoms with E-state index in [0.29, 0.717) is 22.5 Å². The topological polar surface area (TPSA) is 63.4 Å². The SMILES string of the molecule is Cc1cccc(-c2[nH]c(-c3ccccc3)c(C#N)c(=S)c2C#N)c1. The van der Waals surface area contributed by atoms with Crippen LogP contribution in [0.3, 0.4) is 0 Å². The van der Waals surface area contributed by atoms with E-state index in [-0.39, 0.29) is 4.51 Å². The highest BCUT2D eigenvalue weighted by Crippen LogP contribution is 2.30. The average molecular weight is 327 g/mol. The maximum Gasteiger partial charge on any atom is 0.103 e. The van der Waals surface area contributed by atoms with Crippen LogP contribution < -0.4 is 0 Å². The van der Waals surface area contributed by atoms with Gasteiger partial charge in [-0.2, -0.15) is 10.5 Å². The summed E-state index contributed by atoms with van der Waals surface area (Å²) < 4.78 is 0.286. The Balaban J connectivity index is 2.39. The van der Waals surface area contributed by atoms with Crippen molar-refractivity contribution in [3.8, 4) is 34.7 Å². The molecule has 4 heteroatoms. The molecule has 114 valence electrons. The zero-order valence-electron chi connectivity index (χ0n) is 13.0. The zero-order chi connectivity index (χ0) is 17.1. The Kier molecular flexibility index (Phi) is 4.24. The van der Waals surface area contributed by atoms with Gasteiger partial charge in [-0.25, -0.2) is 0 Å². The highest BCUT2D eigenvalue weighted by atomic mass is 32.1. The van der Waals surface area contributed by atoms with Gasteiger partial charge in [0.25, 0.3) is 0 Å². The lowest BCUT2D eigenvalue weighted by molar-refractivity contribution is 1.26. The van der Waals surface area contributed by atoms with Crippen molar-refractivity contribution in [2.75, 3.05) is 0 Å². The van der Waals surface area contributed by atoms with Crippen molar-refractivity contribution >= 4 is 12.2 Å². The molecule has 0 bridgehead atoms. The summed E-state index contributed by atoms with van der Waals surface area (Å²) in [5, 5.41) is 19.1. The summed E-state index contributed by atoms with van der Waals surface area (Å²) in [5.74, 6) is 0. The summed E-state index contributed by atoms with van der Waals surface area (Å²) in [5.41, 5.74) is 4.75. The van der Waals surface area contributed by atoms with Gasteiger partial charge >= 0.3 is 0 Å². The molecule has 0 saturated heterocycles. The van der Waals surface area contributed by atoms with E-state index in [1.54, 1.807) is 0 Å². The molecule has 1 aromatic heterocycles. The van der Waals surface area contributed by atoms with Crippen LogP contribution in [0.15, 0.2) is 54.6 Å². The Hall–Kier alpha value is -3.21. The zero-order valence-corrected chi connectivity index (χ0v) is 13.8. The van der Waals surface area contributed by atoms with Crippen molar-refractivity contribution in [2.24, 2.45) is 0 Å². The molecule has 0 amide bonds. The van der Waals surface area contributed by atoms with E-state index >= 15 is 0 Å². The molecule has 0 fully saturated rings. The molecule has 3 nitrogen and oxygen atoms in total. The number of benzene rings is 2. The van der Waals surface area contributed by atoms with Crippen molar-refractivity contribution in [3.63, 3.8) is 0 Å². The largest absolute Gasteiger partial charge is 0.352 e. The molecule has 0 atom stereocenters. The lowest BCUT2D eigenvalue weighted by atomic mass is 9.99. The first-order valence-electron chi connectivity index (χ1n) is 7.38. The van der Waals surface area contributed by atoms with E-state index in [1.165, 1.54) is 0 Å². The van der Waals surface area contributed by atoms with E-state index in [1.807, 2.05) is 61.5 Å². The molecule has 0 radical (unpaired) electrons. The smallest absolute Gasteiger partial charge is 0.103 e. The van der Waals surface area contributed by atoms with E-state index in [0.717, 1.165) is 16.7 Å². The van der Waals surface area contributed by atoms with Gasteiger partial charge in [0.15, 0.2) is 0 Å². The fourth-order valence-corrected chi connectivity index (χ4v) is 2.95. The second kappa shape index (κ2) is 6.50. The van der Waals surface area contributed by atoms with Crippen LogP contribution in [-0.2, 0) is 0 Å². The van der Waals surface area contributed by atoms with Gasteiger partial charge in [0.2, 0.25) is 0 Å². The molecule has 0 saturated carbocycles. The summed E-state index contributed by atoms with van der Waals surface area (Å²) in [4.78, 5) is 3.27. The number of aryl methyl sites for hydroxylation is 1. The number of nitrogens with zero attached hydrogens (tertiary/aromatic N) is 2. The van der Waals surface area contributed by atoms with Crippen LogP contribution >= 0.6 is 12.2 Å². The second-order valence-corrected chi connectivity index (χ2v) is 5.82. The van der Waals surface area contributed by atoms with Gasteiger partial charge in [-0.1, -0.05) is 66.3 Å². The maximum atomic E-state index is 9.57. The molecule has 2 aromatic carbocycles. The molecular weight excluding hydrogens is 314 g/mol. The van der Waals surface area contributed by atoms with Crippen LogP contribution in [0.2, 0.25) is 0 Å². The summed E-state index contributed by atoms with van der Waals surface area (Å²) in [6, 6.07) is 21.7. The molecule has 1 heterocycles. The number of aromatic amines is 1. The molecule has 1 N–H and O–H groups in total. The van der Waals surface area contributed by atoms with Crippen LogP contribution in [-0.4, -0.2) is 4.98 Å². The number of H-pyrrole nitrogens is 1. The number of hydrogen-bond donors (Lipinski definition) is 1. The molecule has 3 rings (SSSR count). The summed E-state index contributed by atoms with van der Waals surface area (Å²) in [7, 11) is 0. The van der Waals surface area contributed by atoms with Crippen LogP contribution in [0.4, 0.5) is 0 Å². The number of hydrogen-bond acceptors (Lipinski definition) is 3. The summed E-state index contributed by atoms with van der Waals surface area (Å²) in [6.07, 6.45) is 0. The minimum absolute atomic E-state index is 0.286. The van der Waals surface area contributed by atoms with E-state index in [4.69, 9.17) is 12.2 Å². The molecule has 0 unspecified atom stereocenters.